The van der Waals surface area contributed by atoms with Crippen LogP contribution < -0.4 is 10.6 Å². The molecule has 0 saturated carbocycles. The minimum absolute atomic E-state index is 0.0593. The third-order valence-corrected chi connectivity index (χ3v) is 3.79. The lowest BCUT2D eigenvalue weighted by atomic mass is 9.93. The van der Waals surface area contributed by atoms with Crippen molar-refractivity contribution < 1.29 is 4.74 Å². The van der Waals surface area contributed by atoms with Crippen molar-refractivity contribution >= 4 is 11.4 Å². The van der Waals surface area contributed by atoms with E-state index in [1.54, 1.807) is 0 Å². The highest BCUT2D eigenvalue weighted by Gasteiger charge is 2.47. The summed E-state index contributed by atoms with van der Waals surface area (Å²) in [4.78, 5) is 2.30. The monoisotopic (exact) mass is 248 g/mol. The van der Waals surface area contributed by atoms with Crippen molar-refractivity contribution in [1.82, 2.24) is 0 Å². The standard InChI is InChI=1S/C15H24N2O/c1-14(2)10-13(15(3,4)18-14)17(5)12-8-6-11(16)7-9-12/h6-9,13H,10,16H2,1-5H3. The summed E-state index contributed by atoms with van der Waals surface area (Å²) in [7, 11) is 2.13. The minimum atomic E-state index is -0.139. The number of rotatable bonds is 2. The van der Waals surface area contributed by atoms with Gasteiger partial charge in [0.2, 0.25) is 0 Å². The fraction of sp³-hybridized carbons (Fsp3) is 0.600. The smallest absolute Gasteiger partial charge is 0.0836 e. The van der Waals surface area contributed by atoms with E-state index in [1.165, 1.54) is 5.69 Å². The molecule has 0 aliphatic carbocycles. The largest absolute Gasteiger partial charge is 0.399 e. The predicted octanol–water partition coefficient (Wildman–Crippen LogP) is 3.05. The maximum Gasteiger partial charge on any atom is 0.0836 e. The first kappa shape index (κ1) is 13.2. The number of nitrogens with two attached hydrogens (primary N) is 1. The summed E-state index contributed by atoms with van der Waals surface area (Å²) in [6.45, 7) is 8.65. The Kier molecular flexibility index (Phi) is 3.06. The first-order valence-electron chi connectivity index (χ1n) is 6.50. The van der Waals surface area contributed by atoms with Crippen molar-refractivity contribution in [2.45, 2.75) is 51.4 Å². The van der Waals surface area contributed by atoms with Crippen LogP contribution >= 0.6 is 0 Å². The summed E-state index contributed by atoms with van der Waals surface area (Å²) in [5.74, 6) is 0. The second-order valence-electron chi connectivity index (χ2n) is 6.39. The maximum absolute atomic E-state index is 6.15. The molecule has 0 spiro atoms. The molecule has 1 fully saturated rings. The van der Waals surface area contributed by atoms with Gasteiger partial charge in [0.05, 0.1) is 17.2 Å². The van der Waals surface area contributed by atoms with E-state index in [0.717, 1.165) is 12.1 Å². The highest BCUT2D eigenvalue weighted by atomic mass is 16.5. The summed E-state index contributed by atoms with van der Waals surface area (Å²) < 4.78 is 6.15. The molecule has 0 amide bonds. The van der Waals surface area contributed by atoms with E-state index in [4.69, 9.17) is 10.5 Å². The van der Waals surface area contributed by atoms with Gasteiger partial charge in [-0.3, -0.25) is 0 Å². The molecule has 1 atom stereocenters. The molecule has 18 heavy (non-hydrogen) atoms. The van der Waals surface area contributed by atoms with E-state index in [9.17, 15) is 0 Å². The van der Waals surface area contributed by atoms with Crippen LogP contribution in [0.15, 0.2) is 24.3 Å². The number of likely N-dealkylation sites (N-methyl/N-ethyl adjacent to an activating group) is 1. The molecule has 1 heterocycles. The SMILES string of the molecule is CN(c1ccc(N)cc1)C1CC(C)(C)OC1(C)C. The van der Waals surface area contributed by atoms with Gasteiger partial charge in [-0.05, 0) is 58.4 Å². The lowest BCUT2D eigenvalue weighted by Crippen LogP contribution is -2.44. The molecule has 100 valence electrons. The van der Waals surface area contributed by atoms with E-state index < -0.39 is 0 Å². The second-order valence-corrected chi connectivity index (χ2v) is 6.39. The fourth-order valence-electron chi connectivity index (χ4n) is 3.03. The molecule has 1 saturated heterocycles. The van der Waals surface area contributed by atoms with Crippen LogP contribution in [0.2, 0.25) is 0 Å². The van der Waals surface area contributed by atoms with Gasteiger partial charge in [0.25, 0.3) is 0 Å². The van der Waals surface area contributed by atoms with Crippen LogP contribution in [-0.4, -0.2) is 24.3 Å². The predicted molar refractivity (Wildman–Crippen MR) is 76.9 cm³/mol. The highest BCUT2D eigenvalue weighted by molar-refractivity contribution is 5.53. The van der Waals surface area contributed by atoms with Gasteiger partial charge in [-0.15, -0.1) is 0 Å². The first-order chi connectivity index (χ1) is 8.21. The van der Waals surface area contributed by atoms with E-state index in [-0.39, 0.29) is 11.2 Å². The number of nitrogen functional groups attached to an aromatic ring is 1. The molecule has 1 aliphatic rings. The third-order valence-electron chi connectivity index (χ3n) is 3.79. The number of ether oxygens (including phenoxy) is 1. The summed E-state index contributed by atoms with van der Waals surface area (Å²) >= 11 is 0. The zero-order valence-corrected chi connectivity index (χ0v) is 12.0. The zero-order valence-electron chi connectivity index (χ0n) is 12.0. The number of anilines is 2. The van der Waals surface area contributed by atoms with Gasteiger partial charge in [0.15, 0.2) is 0 Å². The number of nitrogens with zero attached hydrogens (tertiary/aromatic N) is 1. The maximum atomic E-state index is 6.15. The molecule has 3 nitrogen and oxygen atoms in total. The van der Waals surface area contributed by atoms with E-state index in [2.05, 4.69) is 51.8 Å². The van der Waals surface area contributed by atoms with Gasteiger partial charge in [-0.2, -0.15) is 0 Å². The topological polar surface area (TPSA) is 38.5 Å². The molecule has 1 aliphatic heterocycles. The van der Waals surface area contributed by atoms with E-state index in [0.29, 0.717) is 6.04 Å². The van der Waals surface area contributed by atoms with Crippen molar-refractivity contribution in [1.29, 1.82) is 0 Å². The number of hydrogen-bond acceptors (Lipinski definition) is 3. The average Bonchev–Trinajstić information content (AvgIpc) is 2.47. The quantitative estimate of drug-likeness (QED) is 0.818. The zero-order chi connectivity index (χ0) is 13.6. The lowest BCUT2D eigenvalue weighted by Gasteiger charge is -2.35. The summed E-state index contributed by atoms with van der Waals surface area (Å²) in [6.07, 6.45) is 1.03. The van der Waals surface area contributed by atoms with Gasteiger partial charge in [0.1, 0.15) is 0 Å². The minimum Gasteiger partial charge on any atom is -0.399 e. The summed E-state index contributed by atoms with van der Waals surface area (Å²) in [5, 5.41) is 0. The van der Waals surface area contributed by atoms with Gasteiger partial charge < -0.3 is 15.4 Å². The van der Waals surface area contributed by atoms with E-state index >= 15 is 0 Å². The van der Waals surface area contributed by atoms with Crippen molar-refractivity contribution in [3.05, 3.63) is 24.3 Å². The van der Waals surface area contributed by atoms with Crippen LogP contribution in [0.25, 0.3) is 0 Å². The molecular formula is C15H24N2O. The molecule has 0 aromatic heterocycles. The molecule has 3 heteroatoms. The fourth-order valence-corrected chi connectivity index (χ4v) is 3.03. The Balaban J connectivity index is 2.23. The van der Waals surface area contributed by atoms with Crippen molar-refractivity contribution in [2.75, 3.05) is 17.7 Å². The van der Waals surface area contributed by atoms with Crippen molar-refractivity contribution in [2.24, 2.45) is 0 Å². The van der Waals surface area contributed by atoms with E-state index in [1.807, 2.05) is 12.1 Å². The number of hydrogen-bond donors (Lipinski definition) is 1. The summed E-state index contributed by atoms with van der Waals surface area (Å²) in [5.41, 5.74) is 7.52. The van der Waals surface area contributed by atoms with Crippen molar-refractivity contribution in [3.63, 3.8) is 0 Å². The highest BCUT2D eigenvalue weighted by Crippen LogP contribution is 2.41. The Bertz CT molecular complexity index is 423. The van der Waals surface area contributed by atoms with Gasteiger partial charge in [-0.25, -0.2) is 0 Å². The molecule has 0 radical (unpaired) electrons. The van der Waals surface area contributed by atoms with Crippen LogP contribution in [0.4, 0.5) is 11.4 Å². The number of benzene rings is 1. The Morgan fingerprint density at radius 1 is 1.17 bits per heavy atom. The molecule has 1 aromatic carbocycles. The van der Waals surface area contributed by atoms with Crippen LogP contribution in [-0.2, 0) is 4.74 Å². The molecular weight excluding hydrogens is 224 g/mol. The third kappa shape index (κ3) is 2.46. The Morgan fingerprint density at radius 3 is 2.17 bits per heavy atom. The Hall–Kier alpha value is -1.22. The lowest BCUT2D eigenvalue weighted by molar-refractivity contribution is -0.0676. The molecule has 2 rings (SSSR count). The molecule has 1 unspecified atom stereocenters. The molecule has 2 N–H and O–H groups in total. The molecule has 1 aromatic rings. The van der Waals surface area contributed by atoms with Gasteiger partial charge >= 0.3 is 0 Å². The average molecular weight is 248 g/mol. The van der Waals surface area contributed by atoms with Gasteiger partial charge in [-0.1, -0.05) is 0 Å². The molecule has 0 bridgehead atoms. The van der Waals surface area contributed by atoms with Crippen molar-refractivity contribution in [3.8, 4) is 0 Å². The van der Waals surface area contributed by atoms with Gasteiger partial charge in [0, 0.05) is 18.4 Å². The second kappa shape index (κ2) is 4.16. The van der Waals surface area contributed by atoms with Crippen LogP contribution in [0.1, 0.15) is 34.1 Å². The normalized spacial score (nSPS) is 25.1. The van der Waals surface area contributed by atoms with Crippen LogP contribution in [0, 0.1) is 0 Å². The first-order valence-corrected chi connectivity index (χ1v) is 6.50. The Morgan fingerprint density at radius 2 is 1.72 bits per heavy atom. The summed E-state index contributed by atoms with van der Waals surface area (Å²) in [6, 6.07) is 8.39. The van der Waals surface area contributed by atoms with Crippen LogP contribution in [0.5, 0.6) is 0 Å². The Labute approximate surface area is 110 Å². The van der Waals surface area contributed by atoms with Crippen LogP contribution in [0.3, 0.4) is 0 Å².